The van der Waals surface area contributed by atoms with Gasteiger partial charge in [-0.15, -0.1) is 0 Å². The van der Waals surface area contributed by atoms with Gasteiger partial charge < -0.3 is 14.8 Å². The number of ether oxygens (including phenoxy) is 2. The van der Waals surface area contributed by atoms with Gasteiger partial charge in [0.15, 0.2) is 6.10 Å². The summed E-state index contributed by atoms with van der Waals surface area (Å²) in [6, 6.07) is 18.3. The van der Waals surface area contributed by atoms with Crippen LogP contribution in [-0.2, 0) is 9.53 Å². The van der Waals surface area contributed by atoms with Crippen LogP contribution in [0.25, 0.3) is 10.8 Å². The van der Waals surface area contributed by atoms with Gasteiger partial charge in [0, 0.05) is 5.69 Å². The zero-order chi connectivity index (χ0) is 20.8. The predicted octanol–water partition coefficient (Wildman–Crippen LogP) is 5.47. The summed E-state index contributed by atoms with van der Waals surface area (Å²) in [4.78, 5) is 24.5. The zero-order valence-electron chi connectivity index (χ0n) is 16.3. The highest BCUT2D eigenvalue weighted by Crippen LogP contribution is 2.24. The fourth-order valence-corrected chi connectivity index (χ4v) is 3.17. The Kier molecular flexibility index (Phi) is 6.73. The summed E-state index contributed by atoms with van der Waals surface area (Å²) in [5, 5.41) is 5.15. The van der Waals surface area contributed by atoms with Crippen molar-refractivity contribution in [2.75, 3.05) is 11.9 Å². The van der Waals surface area contributed by atoms with E-state index in [1.165, 1.54) is 12.1 Å². The molecule has 0 spiro atoms. The predicted molar refractivity (Wildman–Crippen MR) is 115 cm³/mol. The Morgan fingerprint density at radius 1 is 1.00 bits per heavy atom. The zero-order valence-corrected chi connectivity index (χ0v) is 17.0. The second-order valence-electron chi connectivity index (χ2n) is 6.43. The Morgan fingerprint density at radius 2 is 1.76 bits per heavy atom. The molecule has 1 N–H and O–H groups in total. The van der Waals surface area contributed by atoms with Gasteiger partial charge in [-0.25, -0.2) is 4.79 Å². The molecule has 0 aliphatic heterocycles. The lowest BCUT2D eigenvalue weighted by Crippen LogP contribution is -2.32. The molecule has 150 valence electrons. The van der Waals surface area contributed by atoms with E-state index in [0.29, 0.717) is 17.9 Å². The fourth-order valence-electron chi connectivity index (χ4n) is 2.92. The Balaban J connectivity index is 1.70. The first-order chi connectivity index (χ1) is 14.0. The van der Waals surface area contributed by atoms with Crippen LogP contribution in [0.5, 0.6) is 5.75 Å². The normalized spacial score (nSPS) is 11.7. The van der Waals surface area contributed by atoms with Crippen LogP contribution < -0.4 is 10.1 Å². The highest BCUT2D eigenvalue weighted by molar-refractivity contribution is 6.34. The molecule has 1 atom stereocenters. The maximum Gasteiger partial charge on any atom is 0.339 e. The molecule has 3 aromatic rings. The Hall–Kier alpha value is -3.05. The number of benzene rings is 3. The number of carbonyl (C=O) groups is 2. The molecule has 0 heterocycles. The van der Waals surface area contributed by atoms with Crippen LogP contribution in [0.4, 0.5) is 5.69 Å². The van der Waals surface area contributed by atoms with Gasteiger partial charge in [-0.1, -0.05) is 48.9 Å². The third kappa shape index (κ3) is 5.06. The monoisotopic (exact) mass is 411 g/mol. The minimum atomic E-state index is -0.667. The number of anilines is 1. The van der Waals surface area contributed by atoms with Crippen LogP contribution in [0.15, 0.2) is 60.7 Å². The first-order valence-corrected chi connectivity index (χ1v) is 9.82. The summed E-state index contributed by atoms with van der Waals surface area (Å²) in [5.41, 5.74) is 0.736. The molecule has 0 saturated heterocycles. The Labute approximate surface area is 174 Å². The molecule has 0 fully saturated rings. The molecule has 0 radical (unpaired) electrons. The number of rotatable bonds is 7. The molecule has 3 rings (SSSR count). The molecule has 0 saturated carbocycles. The van der Waals surface area contributed by atoms with E-state index in [9.17, 15) is 9.59 Å². The van der Waals surface area contributed by atoms with Crippen molar-refractivity contribution in [2.45, 2.75) is 26.4 Å². The molecule has 0 aromatic heterocycles. The van der Waals surface area contributed by atoms with E-state index in [2.05, 4.69) is 5.32 Å². The quantitative estimate of drug-likeness (QED) is 0.524. The molecule has 29 heavy (non-hydrogen) atoms. The fraction of sp³-hybridized carbons (Fsp3) is 0.217. The van der Waals surface area contributed by atoms with Gasteiger partial charge in [-0.2, -0.15) is 0 Å². The topological polar surface area (TPSA) is 64.6 Å². The SMILES string of the molecule is CCOC(=O)c1ccc(NC(=O)[C@@H](CC)Oc2ccc3ccccc3c2)cc1Cl. The maximum absolute atomic E-state index is 12.7. The van der Waals surface area contributed by atoms with Crippen LogP contribution in [-0.4, -0.2) is 24.6 Å². The van der Waals surface area contributed by atoms with E-state index in [1.54, 1.807) is 13.0 Å². The standard InChI is InChI=1S/C23H22ClNO4/c1-3-21(29-18-11-9-15-7-5-6-8-16(15)13-18)22(26)25-17-10-12-19(20(24)14-17)23(27)28-4-2/h5-14,21H,3-4H2,1-2H3,(H,25,26)/t21-/m1/s1. The number of amides is 1. The molecule has 0 aliphatic carbocycles. The van der Waals surface area contributed by atoms with Gasteiger partial charge in [0.2, 0.25) is 0 Å². The van der Waals surface area contributed by atoms with E-state index in [4.69, 9.17) is 21.1 Å². The molecule has 0 aliphatic rings. The Morgan fingerprint density at radius 3 is 2.45 bits per heavy atom. The van der Waals surface area contributed by atoms with Crippen molar-refractivity contribution in [3.8, 4) is 5.75 Å². The van der Waals surface area contributed by atoms with Crippen molar-refractivity contribution < 1.29 is 19.1 Å². The number of fused-ring (bicyclic) bond motifs is 1. The second kappa shape index (κ2) is 9.43. The van der Waals surface area contributed by atoms with Crippen LogP contribution in [0, 0.1) is 0 Å². The summed E-state index contributed by atoms with van der Waals surface area (Å²) >= 11 is 6.16. The van der Waals surface area contributed by atoms with Crippen molar-refractivity contribution in [3.63, 3.8) is 0 Å². The minimum absolute atomic E-state index is 0.213. The number of carbonyl (C=O) groups excluding carboxylic acids is 2. The molecule has 1 amide bonds. The van der Waals surface area contributed by atoms with Crippen LogP contribution >= 0.6 is 11.6 Å². The smallest absolute Gasteiger partial charge is 0.339 e. The average molecular weight is 412 g/mol. The summed E-state index contributed by atoms with van der Waals surface area (Å²) in [5.74, 6) is -0.163. The molecule has 0 bridgehead atoms. The molecule has 5 nitrogen and oxygen atoms in total. The summed E-state index contributed by atoms with van der Waals surface area (Å²) in [6.07, 6.45) is -0.174. The third-order valence-electron chi connectivity index (χ3n) is 4.39. The van der Waals surface area contributed by atoms with Crippen LogP contribution in [0.3, 0.4) is 0 Å². The van der Waals surface area contributed by atoms with E-state index >= 15 is 0 Å². The molecular formula is C23H22ClNO4. The molecular weight excluding hydrogens is 390 g/mol. The summed E-state index contributed by atoms with van der Waals surface area (Å²) < 4.78 is 10.9. The number of hydrogen-bond acceptors (Lipinski definition) is 4. The van der Waals surface area contributed by atoms with Crippen molar-refractivity contribution >= 4 is 39.9 Å². The highest BCUT2D eigenvalue weighted by atomic mass is 35.5. The summed E-state index contributed by atoms with van der Waals surface area (Å²) in [7, 11) is 0. The lowest BCUT2D eigenvalue weighted by molar-refractivity contribution is -0.122. The van der Waals surface area contributed by atoms with Crippen LogP contribution in [0.1, 0.15) is 30.6 Å². The molecule has 6 heteroatoms. The van der Waals surface area contributed by atoms with E-state index in [1.807, 2.05) is 49.4 Å². The third-order valence-corrected chi connectivity index (χ3v) is 4.71. The molecule has 3 aromatic carbocycles. The van der Waals surface area contributed by atoms with Gasteiger partial charge in [-0.3, -0.25) is 4.79 Å². The lowest BCUT2D eigenvalue weighted by atomic mass is 10.1. The number of nitrogens with one attached hydrogen (secondary N) is 1. The van der Waals surface area contributed by atoms with E-state index in [0.717, 1.165) is 10.8 Å². The minimum Gasteiger partial charge on any atom is -0.481 e. The van der Waals surface area contributed by atoms with Crippen molar-refractivity contribution in [1.29, 1.82) is 0 Å². The van der Waals surface area contributed by atoms with Crippen LogP contribution in [0.2, 0.25) is 5.02 Å². The van der Waals surface area contributed by atoms with Crippen molar-refractivity contribution in [2.24, 2.45) is 0 Å². The van der Waals surface area contributed by atoms with Gasteiger partial charge in [0.05, 0.1) is 17.2 Å². The van der Waals surface area contributed by atoms with E-state index < -0.39 is 12.1 Å². The van der Waals surface area contributed by atoms with Gasteiger partial charge in [0.25, 0.3) is 5.91 Å². The number of hydrogen-bond donors (Lipinski definition) is 1. The van der Waals surface area contributed by atoms with Crippen molar-refractivity contribution in [1.82, 2.24) is 0 Å². The van der Waals surface area contributed by atoms with Crippen molar-refractivity contribution in [3.05, 3.63) is 71.2 Å². The van der Waals surface area contributed by atoms with Gasteiger partial charge in [-0.05, 0) is 54.4 Å². The summed E-state index contributed by atoms with van der Waals surface area (Å²) in [6.45, 7) is 3.86. The number of halogens is 1. The maximum atomic E-state index is 12.7. The van der Waals surface area contributed by atoms with Gasteiger partial charge >= 0.3 is 5.97 Å². The highest BCUT2D eigenvalue weighted by Gasteiger charge is 2.20. The van der Waals surface area contributed by atoms with E-state index in [-0.39, 0.29) is 23.1 Å². The molecule has 0 unspecified atom stereocenters. The lowest BCUT2D eigenvalue weighted by Gasteiger charge is -2.18. The first-order valence-electron chi connectivity index (χ1n) is 9.44. The van der Waals surface area contributed by atoms with Gasteiger partial charge in [0.1, 0.15) is 5.75 Å². The largest absolute Gasteiger partial charge is 0.481 e. The first kappa shape index (κ1) is 20.7. The Bertz CT molecular complexity index is 1030. The average Bonchev–Trinajstić information content (AvgIpc) is 2.72. The number of esters is 1. The second-order valence-corrected chi connectivity index (χ2v) is 6.84.